The number of hydrogen-bond donors (Lipinski definition) is 2. The molecule has 0 spiro atoms. The lowest BCUT2D eigenvalue weighted by Crippen LogP contribution is -2.24. The second kappa shape index (κ2) is 8.43. The molecule has 0 saturated heterocycles. The van der Waals surface area contributed by atoms with E-state index >= 15 is 0 Å². The van der Waals surface area contributed by atoms with Gasteiger partial charge in [-0.3, -0.25) is 9.78 Å². The molecular weight excluding hydrogens is 294 g/mol. The molecule has 0 atom stereocenters. The smallest absolute Gasteiger partial charge is 0.338 e. The van der Waals surface area contributed by atoms with Crippen molar-refractivity contribution in [3.8, 4) is 0 Å². The van der Waals surface area contributed by atoms with Gasteiger partial charge in [-0.25, -0.2) is 4.79 Å². The Balaban J connectivity index is 3.11. The van der Waals surface area contributed by atoms with Crippen LogP contribution in [-0.2, 0) is 14.3 Å². The van der Waals surface area contributed by atoms with Crippen LogP contribution in [0.1, 0.15) is 39.7 Å². The fourth-order valence-corrected chi connectivity index (χ4v) is 1.87. The van der Waals surface area contributed by atoms with Crippen molar-refractivity contribution >= 4 is 23.1 Å². The van der Waals surface area contributed by atoms with Gasteiger partial charge in [0.25, 0.3) is 0 Å². The molecule has 0 aliphatic rings. The summed E-state index contributed by atoms with van der Waals surface area (Å²) in [5, 5.41) is 5.69. The predicted octanol–water partition coefficient (Wildman–Crippen LogP) is 2.37. The zero-order chi connectivity index (χ0) is 17.5. The van der Waals surface area contributed by atoms with Gasteiger partial charge in [0.2, 0.25) is 5.91 Å². The average molecular weight is 319 g/mol. The van der Waals surface area contributed by atoms with Crippen molar-refractivity contribution < 1.29 is 14.3 Å². The first-order valence-corrected chi connectivity index (χ1v) is 7.54. The predicted molar refractivity (Wildman–Crippen MR) is 90.9 cm³/mol. The van der Waals surface area contributed by atoms with Gasteiger partial charge in [-0.15, -0.1) is 0 Å². The van der Waals surface area contributed by atoms with Crippen LogP contribution < -0.4 is 10.6 Å². The lowest BCUT2D eigenvalue weighted by atomic mass is 10.1. The third kappa shape index (κ3) is 7.06. The summed E-state index contributed by atoms with van der Waals surface area (Å²) < 4.78 is 5.46. The monoisotopic (exact) mass is 319 g/mol. The Hall–Kier alpha value is -2.21. The van der Waals surface area contributed by atoms with Crippen molar-refractivity contribution in [2.24, 2.45) is 0 Å². The largest absolute Gasteiger partial charge is 0.456 e. The number of pyridine rings is 1. The van der Waals surface area contributed by atoms with Gasteiger partial charge in [-0.1, -0.05) is 6.08 Å². The summed E-state index contributed by atoms with van der Waals surface area (Å²) in [6.07, 6.45) is 5.61. The molecule has 2 N–H and O–H groups in total. The van der Waals surface area contributed by atoms with E-state index in [9.17, 15) is 9.59 Å². The summed E-state index contributed by atoms with van der Waals surface area (Å²) in [5.41, 5.74) is 1.01. The number of ether oxygens (including phenoxy) is 1. The van der Waals surface area contributed by atoms with E-state index in [-0.39, 0.29) is 5.91 Å². The molecule has 0 aliphatic heterocycles. The summed E-state index contributed by atoms with van der Waals surface area (Å²) in [6.45, 7) is 7.63. The molecule has 1 aromatic rings. The van der Waals surface area contributed by atoms with Gasteiger partial charge >= 0.3 is 5.97 Å². The van der Waals surface area contributed by atoms with Gasteiger partial charge in [0.1, 0.15) is 5.60 Å². The van der Waals surface area contributed by atoms with Crippen LogP contribution in [-0.4, -0.2) is 36.1 Å². The fourth-order valence-electron chi connectivity index (χ4n) is 1.87. The van der Waals surface area contributed by atoms with Gasteiger partial charge in [-0.05, 0) is 46.9 Å². The molecule has 126 valence electrons. The third-order valence-corrected chi connectivity index (χ3v) is 2.73. The first-order valence-electron chi connectivity index (χ1n) is 7.54. The number of rotatable bonds is 6. The van der Waals surface area contributed by atoms with E-state index in [4.69, 9.17) is 4.74 Å². The van der Waals surface area contributed by atoms with Gasteiger partial charge in [0.15, 0.2) is 0 Å². The number of carbonyl (C=O) groups is 2. The Labute approximate surface area is 137 Å². The van der Waals surface area contributed by atoms with E-state index in [1.165, 1.54) is 13.1 Å². The average Bonchev–Trinajstić information content (AvgIpc) is 2.41. The topological polar surface area (TPSA) is 80.3 Å². The van der Waals surface area contributed by atoms with Crippen LogP contribution in [0, 0.1) is 0 Å². The Morgan fingerprint density at radius 1 is 1.30 bits per heavy atom. The normalized spacial score (nSPS) is 12.0. The number of hydrogen-bond acceptors (Lipinski definition) is 5. The van der Waals surface area contributed by atoms with Crippen molar-refractivity contribution in [3.63, 3.8) is 0 Å². The summed E-state index contributed by atoms with van der Waals surface area (Å²) in [5.74, 6) is -0.600. The lowest BCUT2D eigenvalue weighted by molar-refractivity contribution is -0.147. The minimum atomic E-state index is -0.581. The quantitative estimate of drug-likeness (QED) is 0.478. The SMILES string of the molecule is CNCC/C=C(\C(=O)OC(C)(C)C)c1cncc(NC(C)=O)c1. The minimum Gasteiger partial charge on any atom is -0.456 e. The molecule has 1 heterocycles. The number of anilines is 1. The lowest BCUT2D eigenvalue weighted by Gasteiger charge is -2.21. The Morgan fingerprint density at radius 2 is 2.00 bits per heavy atom. The maximum absolute atomic E-state index is 12.5. The molecule has 0 aromatic carbocycles. The molecular formula is C17H25N3O3. The molecule has 6 nitrogen and oxygen atoms in total. The van der Waals surface area contributed by atoms with Gasteiger partial charge < -0.3 is 15.4 Å². The third-order valence-electron chi connectivity index (χ3n) is 2.73. The summed E-state index contributed by atoms with van der Waals surface area (Å²) in [4.78, 5) is 27.7. The van der Waals surface area contributed by atoms with E-state index in [0.29, 0.717) is 23.2 Å². The summed E-state index contributed by atoms with van der Waals surface area (Å²) >= 11 is 0. The number of carbonyl (C=O) groups excluding carboxylic acids is 2. The highest BCUT2D eigenvalue weighted by Gasteiger charge is 2.21. The molecule has 1 rings (SSSR count). The summed E-state index contributed by atoms with van der Waals surface area (Å²) in [6, 6.07) is 1.71. The van der Waals surface area contributed by atoms with Crippen molar-refractivity contribution in [2.45, 2.75) is 39.7 Å². The minimum absolute atomic E-state index is 0.193. The van der Waals surface area contributed by atoms with E-state index in [1.54, 1.807) is 12.3 Å². The first-order chi connectivity index (χ1) is 10.7. The number of nitrogens with zero attached hydrogens (tertiary/aromatic N) is 1. The molecule has 0 fully saturated rings. The Bertz CT molecular complexity index is 589. The van der Waals surface area contributed by atoms with Crippen LogP contribution in [0.4, 0.5) is 5.69 Å². The maximum atomic E-state index is 12.5. The molecule has 6 heteroatoms. The second-order valence-electron chi connectivity index (χ2n) is 6.16. The van der Waals surface area contributed by atoms with Crippen LogP contribution >= 0.6 is 0 Å². The standard InChI is InChI=1S/C17H25N3O3/c1-12(21)20-14-9-13(10-19-11-14)15(7-6-8-18-5)16(22)23-17(2,3)4/h7,9-11,18H,6,8H2,1-5H3,(H,20,21)/b15-7-. The van der Waals surface area contributed by atoms with Gasteiger partial charge in [0.05, 0.1) is 17.5 Å². The number of esters is 1. The number of aromatic nitrogens is 1. The molecule has 1 aromatic heterocycles. The molecule has 0 radical (unpaired) electrons. The van der Waals surface area contributed by atoms with Crippen molar-refractivity contribution in [3.05, 3.63) is 30.1 Å². The van der Waals surface area contributed by atoms with Crippen molar-refractivity contribution in [2.75, 3.05) is 18.9 Å². The van der Waals surface area contributed by atoms with Gasteiger partial charge in [-0.2, -0.15) is 0 Å². The highest BCUT2D eigenvalue weighted by Crippen LogP contribution is 2.22. The molecule has 23 heavy (non-hydrogen) atoms. The second-order valence-corrected chi connectivity index (χ2v) is 6.16. The van der Waals surface area contributed by atoms with E-state index in [1.807, 2.05) is 33.9 Å². The van der Waals surface area contributed by atoms with E-state index < -0.39 is 11.6 Å². The van der Waals surface area contributed by atoms with Crippen molar-refractivity contribution in [1.29, 1.82) is 0 Å². The molecule has 0 bridgehead atoms. The van der Waals surface area contributed by atoms with Crippen molar-refractivity contribution in [1.82, 2.24) is 10.3 Å². The maximum Gasteiger partial charge on any atom is 0.338 e. The van der Waals surface area contributed by atoms with Crippen LogP contribution in [0.2, 0.25) is 0 Å². The molecule has 0 aliphatic carbocycles. The zero-order valence-corrected chi connectivity index (χ0v) is 14.4. The van der Waals surface area contributed by atoms with E-state index in [2.05, 4.69) is 15.6 Å². The van der Waals surface area contributed by atoms with Gasteiger partial charge in [0, 0.05) is 18.7 Å². The highest BCUT2D eigenvalue weighted by molar-refractivity contribution is 6.16. The number of nitrogens with one attached hydrogen (secondary N) is 2. The van der Waals surface area contributed by atoms with Crippen LogP contribution in [0.5, 0.6) is 0 Å². The van der Waals surface area contributed by atoms with Crippen LogP contribution in [0.15, 0.2) is 24.5 Å². The van der Waals surface area contributed by atoms with Crippen LogP contribution in [0.25, 0.3) is 5.57 Å². The van der Waals surface area contributed by atoms with E-state index in [0.717, 1.165) is 6.54 Å². The summed E-state index contributed by atoms with van der Waals surface area (Å²) in [7, 11) is 1.85. The first kappa shape index (κ1) is 18.8. The highest BCUT2D eigenvalue weighted by atomic mass is 16.6. The molecule has 0 saturated carbocycles. The fraction of sp³-hybridized carbons (Fsp3) is 0.471. The molecule has 0 unspecified atom stereocenters. The van der Waals surface area contributed by atoms with Crippen LogP contribution in [0.3, 0.4) is 0 Å². The Morgan fingerprint density at radius 3 is 2.57 bits per heavy atom. The zero-order valence-electron chi connectivity index (χ0n) is 14.4. The number of amides is 1. The molecule has 1 amide bonds. The Kier molecular flexibility index (Phi) is 6.90.